The molecule has 0 aromatic heterocycles. The van der Waals surface area contributed by atoms with Crippen LogP contribution in [0.4, 0.5) is 5.69 Å². The van der Waals surface area contributed by atoms with Gasteiger partial charge >= 0.3 is 5.97 Å². The summed E-state index contributed by atoms with van der Waals surface area (Å²) in [6.45, 7) is 4.30. The van der Waals surface area contributed by atoms with Gasteiger partial charge < -0.3 is 15.2 Å². The van der Waals surface area contributed by atoms with Crippen LogP contribution in [0.1, 0.15) is 32.6 Å². The van der Waals surface area contributed by atoms with Crippen molar-refractivity contribution in [2.24, 2.45) is 4.99 Å². The molecule has 1 aliphatic heterocycles. The number of aryl methyl sites for hydroxylation is 2. The third-order valence-electron chi connectivity index (χ3n) is 5.03. The summed E-state index contributed by atoms with van der Waals surface area (Å²) >= 11 is 1.29. The van der Waals surface area contributed by atoms with Crippen LogP contribution in [0.3, 0.4) is 0 Å². The zero-order chi connectivity index (χ0) is 23.4. The molecule has 4 rings (SSSR count). The molecule has 1 fully saturated rings. The molecule has 1 aliphatic rings. The fourth-order valence-electron chi connectivity index (χ4n) is 3.30. The number of benzene rings is 3. The number of nitrogens with one attached hydrogen (secondary N) is 1. The first kappa shape index (κ1) is 22.4. The Morgan fingerprint density at radius 2 is 1.85 bits per heavy atom. The number of nitrogens with zero attached hydrogens (tertiary/aromatic N) is 1. The number of amides is 1. The van der Waals surface area contributed by atoms with Crippen molar-refractivity contribution in [2.45, 2.75) is 20.5 Å². The van der Waals surface area contributed by atoms with E-state index in [0.717, 1.165) is 27.9 Å². The normalized spacial score (nSPS) is 15.6. The van der Waals surface area contributed by atoms with Gasteiger partial charge in [0, 0.05) is 5.56 Å². The standard InChI is InChI=1S/C26H22N2O4S/c1-16-7-12-21(17(2)13-16)27-26-28-24(29)23(33-26)14-20-5-3-4-6-22(20)32-15-18-8-10-19(11-9-18)25(30)31/h3-14H,15H2,1-2H3,(H,30,31)(H,27,28,29)/b23-14-. The van der Waals surface area contributed by atoms with E-state index in [2.05, 4.69) is 16.4 Å². The van der Waals surface area contributed by atoms with Gasteiger partial charge in [0.1, 0.15) is 12.4 Å². The van der Waals surface area contributed by atoms with Gasteiger partial charge in [-0.3, -0.25) is 4.79 Å². The molecule has 0 saturated carbocycles. The molecule has 1 saturated heterocycles. The number of carboxylic acids is 1. The first-order chi connectivity index (χ1) is 15.9. The average molecular weight is 459 g/mol. The van der Waals surface area contributed by atoms with Crippen molar-refractivity contribution in [3.63, 3.8) is 0 Å². The number of hydrogen-bond donors (Lipinski definition) is 2. The molecule has 1 amide bonds. The molecule has 6 nitrogen and oxygen atoms in total. The largest absolute Gasteiger partial charge is 0.488 e. The summed E-state index contributed by atoms with van der Waals surface area (Å²) in [5.41, 5.74) is 4.87. The van der Waals surface area contributed by atoms with Crippen LogP contribution in [0, 0.1) is 13.8 Å². The second-order valence-corrected chi connectivity index (χ2v) is 8.63. The Kier molecular flexibility index (Phi) is 6.60. The summed E-state index contributed by atoms with van der Waals surface area (Å²) < 4.78 is 5.96. The number of amidine groups is 1. The van der Waals surface area contributed by atoms with Crippen LogP contribution in [0.15, 0.2) is 76.6 Å². The highest BCUT2D eigenvalue weighted by Gasteiger charge is 2.24. The van der Waals surface area contributed by atoms with Crippen molar-refractivity contribution in [3.8, 4) is 5.75 Å². The molecule has 3 aromatic carbocycles. The van der Waals surface area contributed by atoms with E-state index in [1.165, 1.54) is 11.8 Å². The van der Waals surface area contributed by atoms with E-state index in [1.54, 1.807) is 30.3 Å². The molecule has 0 aliphatic carbocycles. The fourth-order valence-corrected chi connectivity index (χ4v) is 4.12. The lowest BCUT2D eigenvalue weighted by Crippen LogP contribution is -2.19. The van der Waals surface area contributed by atoms with E-state index in [0.29, 0.717) is 15.8 Å². The van der Waals surface area contributed by atoms with Crippen molar-refractivity contribution >= 4 is 40.6 Å². The van der Waals surface area contributed by atoms with E-state index < -0.39 is 5.97 Å². The van der Waals surface area contributed by atoms with Crippen LogP contribution in [-0.2, 0) is 11.4 Å². The number of rotatable bonds is 6. The molecule has 0 radical (unpaired) electrons. The lowest BCUT2D eigenvalue weighted by atomic mass is 10.1. The van der Waals surface area contributed by atoms with E-state index in [-0.39, 0.29) is 18.1 Å². The summed E-state index contributed by atoms with van der Waals surface area (Å²) in [4.78, 5) is 28.6. The topological polar surface area (TPSA) is 88.0 Å². The predicted molar refractivity (Wildman–Crippen MR) is 131 cm³/mol. The van der Waals surface area contributed by atoms with Crippen LogP contribution in [0.2, 0.25) is 0 Å². The number of hydrogen-bond acceptors (Lipinski definition) is 5. The highest BCUT2D eigenvalue weighted by atomic mass is 32.2. The smallest absolute Gasteiger partial charge is 0.335 e. The van der Waals surface area contributed by atoms with Crippen molar-refractivity contribution in [1.29, 1.82) is 0 Å². The highest BCUT2D eigenvalue weighted by Crippen LogP contribution is 2.31. The summed E-state index contributed by atoms with van der Waals surface area (Å²) in [6.07, 6.45) is 1.79. The van der Waals surface area contributed by atoms with Crippen LogP contribution in [0.5, 0.6) is 5.75 Å². The van der Waals surface area contributed by atoms with Crippen molar-refractivity contribution in [3.05, 3.63) is 99.5 Å². The number of thioether (sulfide) groups is 1. The van der Waals surface area contributed by atoms with Crippen LogP contribution < -0.4 is 10.1 Å². The molecule has 3 aromatic rings. The van der Waals surface area contributed by atoms with Gasteiger partial charge in [-0.15, -0.1) is 0 Å². The molecule has 0 bridgehead atoms. The molecule has 1 heterocycles. The number of ether oxygens (including phenoxy) is 1. The number of aromatic carboxylic acids is 1. The highest BCUT2D eigenvalue weighted by molar-refractivity contribution is 8.18. The minimum atomic E-state index is -0.966. The van der Waals surface area contributed by atoms with Gasteiger partial charge in [0.05, 0.1) is 16.2 Å². The van der Waals surface area contributed by atoms with E-state index in [9.17, 15) is 9.59 Å². The summed E-state index contributed by atoms with van der Waals surface area (Å²) in [5.74, 6) is -0.546. The van der Waals surface area contributed by atoms with Gasteiger partial charge in [-0.2, -0.15) is 0 Å². The monoisotopic (exact) mass is 458 g/mol. The van der Waals surface area contributed by atoms with Gasteiger partial charge in [-0.25, -0.2) is 9.79 Å². The van der Waals surface area contributed by atoms with Gasteiger partial charge in [-0.05, 0) is 67.1 Å². The number of para-hydroxylation sites is 1. The number of carboxylic acid groups (broad SMARTS) is 1. The molecule has 0 unspecified atom stereocenters. The first-order valence-electron chi connectivity index (χ1n) is 10.3. The van der Waals surface area contributed by atoms with Crippen molar-refractivity contribution < 1.29 is 19.4 Å². The van der Waals surface area contributed by atoms with Crippen molar-refractivity contribution in [1.82, 2.24) is 5.32 Å². The number of aliphatic imine (C=N–C) groups is 1. The van der Waals surface area contributed by atoms with Gasteiger partial charge in [0.25, 0.3) is 5.91 Å². The molecule has 0 spiro atoms. The summed E-state index contributed by atoms with van der Waals surface area (Å²) in [5, 5.41) is 12.4. The number of carbonyl (C=O) groups excluding carboxylic acids is 1. The Labute approximate surface area is 196 Å². The molecule has 7 heteroatoms. The minimum Gasteiger partial charge on any atom is -0.488 e. The Bertz CT molecular complexity index is 1280. The maximum Gasteiger partial charge on any atom is 0.335 e. The molecular weight excluding hydrogens is 436 g/mol. The second kappa shape index (κ2) is 9.75. The SMILES string of the molecule is Cc1ccc(N=C2NC(=O)/C(=C/c3ccccc3OCc3ccc(C(=O)O)cc3)S2)c(C)c1. The molecular formula is C26H22N2O4S. The Morgan fingerprint density at radius 3 is 2.58 bits per heavy atom. The second-order valence-electron chi connectivity index (χ2n) is 7.60. The quantitative estimate of drug-likeness (QED) is 0.478. The van der Waals surface area contributed by atoms with E-state index >= 15 is 0 Å². The Balaban J connectivity index is 1.50. The molecule has 166 valence electrons. The zero-order valence-electron chi connectivity index (χ0n) is 18.2. The fraction of sp³-hybridized carbons (Fsp3) is 0.115. The molecule has 33 heavy (non-hydrogen) atoms. The zero-order valence-corrected chi connectivity index (χ0v) is 19.0. The van der Waals surface area contributed by atoms with Crippen molar-refractivity contribution in [2.75, 3.05) is 0 Å². The number of carbonyl (C=O) groups is 2. The van der Waals surface area contributed by atoms with Crippen LogP contribution >= 0.6 is 11.8 Å². The molecule has 2 N–H and O–H groups in total. The Morgan fingerprint density at radius 1 is 1.09 bits per heavy atom. The van der Waals surface area contributed by atoms with Crippen LogP contribution in [-0.4, -0.2) is 22.2 Å². The van der Waals surface area contributed by atoms with E-state index in [4.69, 9.17) is 9.84 Å². The predicted octanol–water partition coefficient (Wildman–Crippen LogP) is 5.47. The van der Waals surface area contributed by atoms with Gasteiger partial charge in [0.2, 0.25) is 0 Å². The van der Waals surface area contributed by atoms with Gasteiger partial charge in [0.15, 0.2) is 5.17 Å². The van der Waals surface area contributed by atoms with Crippen LogP contribution in [0.25, 0.3) is 6.08 Å². The maximum atomic E-state index is 12.5. The first-order valence-corrected chi connectivity index (χ1v) is 11.1. The summed E-state index contributed by atoms with van der Waals surface area (Å²) in [6, 6.07) is 20.0. The van der Waals surface area contributed by atoms with E-state index in [1.807, 2.05) is 50.2 Å². The lowest BCUT2D eigenvalue weighted by Gasteiger charge is -2.10. The maximum absolute atomic E-state index is 12.5. The summed E-state index contributed by atoms with van der Waals surface area (Å²) in [7, 11) is 0. The third kappa shape index (κ3) is 5.51. The van der Waals surface area contributed by atoms with Gasteiger partial charge in [-0.1, -0.05) is 48.0 Å². The Hall–Kier alpha value is -3.84. The average Bonchev–Trinajstić information content (AvgIpc) is 3.14. The minimum absolute atomic E-state index is 0.206. The molecule has 0 atom stereocenters. The lowest BCUT2D eigenvalue weighted by molar-refractivity contribution is -0.115. The third-order valence-corrected chi connectivity index (χ3v) is 5.94.